The molecule has 0 aromatic rings. The molecule has 0 amide bonds. The van der Waals surface area contributed by atoms with E-state index < -0.39 is 29.2 Å². The fourth-order valence-electron chi connectivity index (χ4n) is 0.634. The molecule has 0 aliphatic heterocycles. The fourth-order valence-corrected chi connectivity index (χ4v) is 0.741. The summed E-state index contributed by atoms with van der Waals surface area (Å²) >= 11 is 5.02. The average Bonchev–Trinajstić information content (AvgIpc) is 1.99. The summed E-state index contributed by atoms with van der Waals surface area (Å²) in [6.07, 6.45) is -5.85. The maximum Gasteiger partial charge on any atom is 0.452 e. The number of rotatable bonds is 3. The Hall–Kier alpha value is -0.780. The number of Topliss-reactive ketones (excluding diaryl/α,β-unsaturated/α-hetero) is 1. The molecular formula is C6H6ClF3O3. The van der Waals surface area contributed by atoms with Crippen LogP contribution in [0, 0.1) is 0 Å². The number of ketones is 1. The summed E-state index contributed by atoms with van der Waals surface area (Å²) in [5.41, 5.74) is 0. The number of carbonyl (C=O) groups is 2. The summed E-state index contributed by atoms with van der Waals surface area (Å²) in [7, 11) is 0. The van der Waals surface area contributed by atoms with E-state index in [1.54, 1.807) is 0 Å². The van der Waals surface area contributed by atoms with Crippen molar-refractivity contribution < 1.29 is 27.9 Å². The van der Waals surface area contributed by atoms with Crippen molar-refractivity contribution in [2.45, 2.75) is 24.4 Å². The van der Waals surface area contributed by atoms with Crippen LogP contribution in [0.3, 0.4) is 0 Å². The van der Waals surface area contributed by atoms with Gasteiger partial charge in [0.2, 0.25) is 4.87 Å². The van der Waals surface area contributed by atoms with Crippen molar-refractivity contribution >= 4 is 23.4 Å². The first-order valence-electron chi connectivity index (χ1n) is 3.20. The molecule has 3 nitrogen and oxygen atoms in total. The third-order valence-electron chi connectivity index (χ3n) is 1.44. The molecule has 0 rings (SSSR count). The smallest absolute Gasteiger partial charge is 0.452 e. The Balaban J connectivity index is 5.01. The second-order valence-corrected chi connectivity index (χ2v) is 2.93. The van der Waals surface area contributed by atoms with Crippen molar-refractivity contribution in [2.24, 2.45) is 0 Å². The normalized spacial score (nSPS) is 16.4. The summed E-state index contributed by atoms with van der Waals surface area (Å²) < 4.78 is 35.4. The Bertz CT molecular complexity index is 238. The van der Waals surface area contributed by atoms with E-state index in [4.69, 9.17) is 16.7 Å². The van der Waals surface area contributed by atoms with Gasteiger partial charge in [-0.25, -0.2) is 4.79 Å². The monoisotopic (exact) mass is 218 g/mol. The van der Waals surface area contributed by atoms with Crippen LogP contribution in [0.25, 0.3) is 0 Å². The third kappa shape index (κ3) is 2.33. The average molecular weight is 219 g/mol. The molecule has 1 unspecified atom stereocenters. The maximum atomic E-state index is 11.8. The Morgan fingerprint density at radius 1 is 1.38 bits per heavy atom. The van der Waals surface area contributed by atoms with E-state index in [1.807, 2.05) is 0 Å². The minimum Gasteiger partial charge on any atom is -0.480 e. The van der Waals surface area contributed by atoms with E-state index >= 15 is 0 Å². The number of alkyl halides is 4. The quantitative estimate of drug-likeness (QED) is 0.578. The van der Waals surface area contributed by atoms with Crippen molar-refractivity contribution in [1.82, 2.24) is 0 Å². The van der Waals surface area contributed by atoms with E-state index in [1.165, 1.54) is 0 Å². The molecule has 0 aliphatic rings. The van der Waals surface area contributed by atoms with Crippen LogP contribution in [-0.4, -0.2) is 27.9 Å². The van der Waals surface area contributed by atoms with Gasteiger partial charge in [0.25, 0.3) is 5.78 Å². The summed E-state index contributed by atoms with van der Waals surface area (Å²) in [5, 5.41) is 8.31. The van der Waals surface area contributed by atoms with Crippen LogP contribution in [0.2, 0.25) is 0 Å². The predicted octanol–water partition coefficient (Wildman–Crippen LogP) is 1.59. The first-order valence-corrected chi connectivity index (χ1v) is 3.58. The van der Waals surface area contributed by atoms with E-state index in [0.717, 1.165) is 6.92 Å². The largest absolute Gasteiger partial charge is 0.480 e. The highest BCUT2D eigenvalue weighted by atomic mass is 35.5. The molecule has 0 saturated heterocycles. The molecule has 7 heteroatoms. The molecule has 1 N–H and O–H groups in total. The lowest BCUT2D eigenvalue weighted by Gasteiger charge is -2.19. The van der Waals surface area contributed by atoms with Crippen molar-refractivity contribution in [3.8, 4) is 0 Å². The van der Waals surface area contributed by atoms with E-state index in [-0.39, 0.29) is 0 Å². The van der Waals surface area contributed by atoms with Crippen LogP contribution in [0.4, 0.5) is 13.2 Å². The van der Waals surface area contributed by atoms with E-state index in [2.05, 4.69) is 0 Å². The summed E-state index contributed by atoms with van der Waals surface area (Å²) in [6.45, 7) is 1.09. The van der Waals surface area contributed by atoms with E-state index in [0.29, 0.717) is 0 Å². The highest BCUT2D eigenvalue weighted by Crippen LogP contribution is 2.31. The number of hydrogen-bond acceptors (Lipinski definition) is 2. The zero-order chi connectivity index (χ0) is 10.9. The van der Waals surface area contributed by atoms with Gasteiger partial charge in [-0.1, -0.05) is 18.5 Å². The van der Waals surface area contributed by atoms with Gasteiger partial charge in [0.05, 0.1) is 0 Å². The minimum absolute atomic E-state index is 0.623. The van der Waals surface area contributed by atoms with Gasteiger partial charge >= 0.3 is 12.1 Å². The molecule has 0 aliphatic carbocycles. The van der Waals surface area contributed by atoms with Gasteiger partial charge < -0.3 is 5.11 Å². The SMILES string of the molecule is CCC(Cl)(C(=O)O)C(=O)C(F)(F)F. The Labute approximate surface area is 76.5 Å². The standard InChI is InChI=1S/C6H6ClF3O3/c1-2-5(7,4(12)13)3(11)6(8,9)10/h2H2,1H3,(H,12,13). The van der Waals surface area contributed by atoms with Gasteiger partial charge in [0, 0.05) is 0 Å². The van der Waals surface area contributed by atoms with Crippen LogP contribution < -0.4 is 0 Å². The van der Waals surface area contributed by atoms with Crippen molar-refractivity contribution in [2.75, 3.05) is 0 Å². The van der Waals surface area contributed by atoms with Crippen LogP contribution >= 0.6 is 11.6 Å². The summed E-state index contributed by atoms with van der Waals surface area (Å²) in [4.78, 5) is 17.9. The topological polar surface area (TPSA) is 54.4 Å². The third-order valence-corrected chi connectivity index (χ3v) is 2.04. The number of carboxylic acids is 1. The number of carbonyl (C=O) groups excluding carboxylic acids is 1. The van der Waals surface area contributed by atoms with Gasteiger partial charge in [-0.05, 0) is 6.42 Å². The Morgan fingerprint density at radius 2 is 1.77 bits per heavy atom. The molecule has 1 atom stereocenters. The molecule has 76 valence electrons. The first kappa shape index (κ1) is 12.2. The van der Waals surface area contributed by atoms with Gasteiger partial charge in [0.15, 0.2) is 0 Å². The molecule has 13 heavy (non-hydrogen) atoms. The second kappa shape index (κ2) is 3.53. The zero-order valence-electron chi connectivity index (χ0n) is 6.48. The van der Waals surface area contributed by atoms with Gasteiger partial charge in [-0.15, -0.1) is 0 Å². The molecule has 0 fully saturated rings. The van der Waals surface area contributed by atoms with Crippen LogP contribution in [0.15, 0.2) is 0 Å². The molecule has 0 bridgehead atoms. The molecule has 0 heterocycles. The second-order valence-electron chi connectivity index (χ2n) is 2.29. The predicted molar refractivity (Wildman–Crippen MR) is 37.6 cm³/mol. The van der Waals surface area contributed by atoms with Crippen molar-refractivity contribution in [3.63, 3.8) is 0 Å². The highest BCUT2D eigenvalue weighted by Gasteiger charge is 2.55. The number of aliphatic carboxylic acids is 1. The van der Waals surface area contributed by atoms with Crippen LogP contribution in [-0.2, 0) is 9.59 Å². The number of hydrogen-bond donors (Lipinski definition) is 1. The summed E-state index contributed by atoms with van der Waals surface area (Å²) in [6, 6.07) is 0. The molecule has 0 radical (unpaired) electrons. The van der Waals surface area contributed by atoms with Crippen molar-refractivity contribution in [1.29, 1.82) is 0 Å². The zero-order valence-corrected chi connectivity index (χ0v) is 7.24. The Morgan fingerprint density at radius 3 is 1.85 bits per heavy atom. The fraction of sp³-hybridized carbons (Fsp3) is 0.667. The summed E-state index contributed by atoms with van der Waals surface area (Å²) in [5.74, 6) is -4.43. The van der Waals surface area contributed by atoms with Crippen LogP contribution in [0.1, 0.15) is 13.3 Å². The molecule has 0 spiro atoms. The van der Waals surface area contributed by atoms with E-state index in [9.17, 15) is 22.8 Å². The van der Waals surface area contributed by atoms with Crippen molar-refractivity contribution in [3.05, 3.63) is 0 Å². The number of halogens is 4. The molecule has 0 aromatic heterocycles. The Kier molecular flexibility index (Phi) is 3.32. The van der Waals surface area contributed by atoms with Gasteiger partial charge in [-0.3, -0.25) is 4.79 Å². The maximum absolute atomic E-state index is 11.8. The molecule has 0 saturated carbocycles. The van der Waals surface area contributed by atoms with Crippen LogP contribution in [0.5, 0.6) is 0 Å². The lowest BCUT2D eigenvalue weighted by atomic mass is 10.00. The first-order chi connectivity index (χ1) is 5.66. The lowest BCUT2D eigenvalue weighted by Crippen LogP contribution is -2.47. The highest BCUT2D eigenvalue weighted by molar-refractivity contribution is 6.46. The van der Waals surface area contributed by atoms with Gasteiger partial charge in [-0.2, -0.15) is 13.2 Å². The lowest BCUT2D eigenvalue weighted by molar-refractivity contribution is -0.177. The molecule has 0 aromatic carbocycles. The number of carboxylic acid groups (broad SMARTS) is 1. The minimum atomic E-state index is -5.23. The molecular weight excluding hydrogens is 213 g/mol. The van der Waals surface area contributed by atoms with Gasteiger partial charge in [0.1, 0.15) is 0 Å².